The quantitative estimate of drug-likeness (QED) is 0.683. The third-order valence-corrected chi connectivity index (χ3v) is 3.89. The Morgan fingerprint density at radius 2 is 1.41 bits per heavy atom. The Morgan fingerprint density at radius 3 is 1.95 bits per heavy atom. The van der Waals surface area contributed by atoms with Crippen LogP contribution in [0.25, 0.3) is 0 Å². The molecular formula is C19H27N3. The fourth-order valence-electron chi connectivity index (χ4n) is 2.55. The first-order chi connectivity index (χ1) is 10.8. The van der Waals surface area contributed by atoms with Crippen LogP contribution in [0.4, 0.5) is 5.69 Å². The first-order valence-electron chi connectivity index (χ1n) is 8.41. The molecule has 2 rings (SSSR count). The standard InChI is InChI=1S/C19H27N3/c1-3-5-11-22(12-6-4-2)19-9-7-17(8-10-19)13-18-14-20-16-21-15-18/h7-10,14-16H,3-6,11-13H2,1-2H3. The van der Waals surface area contributed by atoms with Gasteiger partial charge in [-0.2, -0.15) is 0 Å². The first kappa shape index (κ1) is 16.5. The molecule has 0 atom stereocenters. The van der Waals surface area contributed by atoms with Crippen molar-refractivity contribution in [2.45, 2.75) is 46.0 Å². The molecule has 22 heavy (non-hydrogen) atoms. The number of anilines is 1. The zero-order chi connectivity index (χ0) is 15.6. The normalized spacial score (nSPS) is 10.6. The molecule has 0 aliphatic heterocycles. The fraction of sp³-hybridized carbons (Fsp3) is 0.474. The summed E-state index contributed by atoms with van der Waals surface area (Å²) in [7, 11) is 0. The van der Waals surface area contributed by atoms with E-state index < -0.39 is 0 Å². The molecule has 0 saturated heterocycles. The minimum atomic E-state index is 0.894. The van der Waals surface area contributed by atoms with Crippen molar-refractivity contribution in [2.24, 2.45) is 0 Å². The van der Waals surface area contributed by atoms with Gasteiger partial charge in [0.1, 0.15) is 6.33 Å². The van der Waals surface area contributed by atoms with Gasteiger partial charge in [-0.1, -0.05) is 38.8 Å². The van der Waals surface area contributed by atoms with Gasteiger partial charge in [0.05, 0.1) is 0 Å². The predicted molar refractivity (Wildman–Crippen MR) is 93.3 cm³/mol. The van der Waals surface area contributed by atoms with Crippen LogP contribution in [0.5, 0.6) is 0 Å². The molecular weight excluding hydrogens is 270 g/mol. The highest BCUT2D eigenvalue weighted by Gasteiger charge is 2.06. The molecule has 0 radical (unpaired) electrons. The van der Waals surface area contributed by atoms with Crippen molar-refractivity contribution >= 4 is 5.69 Å². The first-order valence-corrected chi connectivity index (χ1v) is 8.41. The smallest absolute Gasteiger partial charge is 0.115 e. The lowest BCUT2D eigenvalue weighted by Gasteiger charge is -2.25. The number of unbranched alkanes of at least 4 members (excludes halogenated alkanes) is 2. The molecule has 0 fully saturated rings. The summed E-state index contributed by atoms with van der Waals surface area (Å²) in [4.78, 5) is 10.7. The molecule has 3 heteroatoms. The minimum Gasteiger partial charge on any atom is -0.372 e. The van der Waals surface area contributed by atoms with E-state index in [1.54, 1.807) is 6.33 Å². The third kappa shape index (κ3) is 5.14. The minimum absolute atomic E-state index is 0.894. The lowest BCUT2D eigenvalue weighted by atomic mass is 10.1. The number of hydrogen-bond donors (Lipinski definition) is 0. The number of nitrogens with zero attached hydrogens (tertiary/aromatic N) is 3. The summed E-state index contributed by atoms with van der Waals surface area (Å²) in [6.07, 6.45) is 11.2. The van der Waals surface area contributed by atoms with Gasteiger partial charge in [0.25, 0.3) is 0 Å². The molecule has 118 valence electrons. The predicted octanol–water partition coefficient (Wildman–Crippen LogP) is 4.47. The average Bonchev–Trinajstić information content (AvgIpc) is 2.57. The summed E-state index contributed by atoms with van der Waals surface area (Å²) in [5, 5.41) is 0. The van der Waals surface area contributed by atoms with Crippen molar-refractivity contribution in [1.82, 2.24) is 9.97 Å². The molecule has 0 aliphatic rings. The van der Waals surface area contributed by atoms with Crippen LogP contribution >= 0.6 is 0 Å². The molecule has 0 amide bonds. The Labute approximate surface area is 134 Å². The highest BCUT2D eigenvalue weighted by Crippen LogP contribution is 2.18. The maximum Gasteiger partial charge on any atom is 0.115 e. The summed E-state index contributed by atoms with van der Waals surface area (Å²) in [5.41, 5.74) is 3.81. The summed E-state index contributed by atoms with van der Waals surface area (Å²) >= 11 is 0. The van der Waals surface area contributed by atoms with E-state index in [-0.39, 0.29) is 0 Å². The monoisotopic (exact) mass is 297 g/mol. The van der Waals surface area contributed by atoms with Crippen molar-refractivity contribution < 1.29 is 0 Å². The molecule has 0 saturated carbocycles. The molecule has 1 heterocycles. The largest absolute Gasteiger partial charge is 0.372 e. The van der Waals surface area contributed by atoms with Crippen LogP contribution in [-0.4, -0.2) is 23.1 Å². The van der Waals surface area contributed by atoms with Gasteiger partial charge in [-0.3, -0.25) is 0 Å². The van der Waals surface area contributed by atoms with Crippen molar-refractivity contribution in [3.05, 3.63) is 54.1 Å². The molecule has 0 unspecified atom stereocenters. The zero-order valence-electron chi connectivity index (χ0n) is 13.8. The highest BCUT2D eigenvalue weighted by molar-refractivity contribution is 5.48. The van der Waals surface area contributed by atoms with Crippen molar-refractivity contribution in [2.75, 3.05) is 18.0 Å². The molecule has 0 bridgehead atoms. The van der Waals surface area contributed by atoms with Crippen LogP contribution in [0.3, 0.4) is 0 Å². The van der Waals surface area contributed by atoms with Crippen LogP contribution in [0, 0.1) is 0 Å². The second-order valence-corrected chi connectivity index (χ2v) is 5.78. The molecule has 0 N–H and O–H groups in total. The molecule has 0 spiro atoms. The number of aromatic nitrogens is 2. The average molecular weight is 297 g/mol. The van der Waals surface area contributed by atoms with E-state index in [1.165, 1.54) is 36.9 Å². The zero-order valence-corrected chi connectivity index (χ0v) is 13.8. The van der Waals surface area contributed by atoms with E-state index >= 15 is 0 Å². The molecule has 1 aromatic heterocycles. The topological polar surface area (TPSA) is 29.0 Å². The molecule has 1 aromatic carbocycles. The summed E-state index contributed by atoms with van der Waals surface area (Å²) in [5.74, 6) is 0. The Kier molecular flexibility index (Phi) is 6.88. The van der Waals surface area contributed by atoms with Crippen LogP contribution < -0.4 is 4.90 Å². The number of hydrogen-bond acceptors (Lipinski definition) is 3. The van der Waals surface area contributed by atoms with E-state index in [9.17, 15) is 0 Å². The van der Waals surface area contributed by atoms with Crippen LogP contribution in [0.1, 0.15) is 50.7 Å². The summed E-state index contributed by atoms with van der Waals surface area (Å²) < 4.78 is 0. The molecule has 2 aromatic rings. The van der Waals surface area contributed by atoms with Gasteiger partial charge in [0.15, 0.2) is 0 Å². The fourth-order valence-corrected chi connectivity index (χ4v) is 2.55. The maximum atomic E-state index is 4.07. The SMILES string of the molecule is CCCCN(CCCC)c1ccc(Cc2cncnc2)cc1. The van der Waals surface area contributed by atoms with Gasteiger partial charge in [0.2, 0.25) is 0 Å². The van der Waals surface area contributed by atoms with Gasteiger partial charge in [-0.15, -0.1) is 0 Å². The lowest BCUT2D eigenvalue weighted by Crippen LogP contribution is -2.25. The van der Waals surface area contributed by atoms with E-state index in [0.29, 0.717) is 0 Å². The van der Waals surface area contributed by atoms with Gasteiger partial charge in [-0.25, -0.2) is 9.97 Å². The maximum absolute atomic E-state index is 4.07. The van der Waals surface area contributed by atoms with E-state index in [1.807, 2.05) is 12.4 Å². The molecule has 3 nitrogen and oxygen atoms in total. The number of benzene rings is 1. The lowest BCUT2D eigenvalue weighted by molar-refractivity contribution is 0.678. The van der Waals surface area contributed by atoms with Crippen molar-refractivity contribution in [3.63, 3.8) is 0 Å². The molecule has 0 aliphatic carbocycles. The Morgan fingerprint density at radius 1 is 0.818 bits per heavy atom. The van der Waals surface area contributed by atoms with Gasteiger partial charge < -0.3 is 4.90 Å². The van der Waals surface area contributed by atoms with E-state index in [0.717, 1.165) is 25.1 Å². The van der Waals surface area contributed by atoms with Crippen LogP contribution in [0.2, 0.25) is 0 Å². The van der Waals surface area contributed by atoms with Crippen molar-refractivity contribution in [3.8, 4) is 0 Å². The summed E-state index contributed by atoms with van der Waals surface area (Å²) in [6.45, 7) is 6.82. The summed E-state index contributed by atoms with van der Waals surface area (Å²) in [6, 6.07) is 8.97. The third-order valence-electron chi connectivity index (χ3n) is 3.89. The Hall–Kier alpha value is -1.90. The Balaban J connectivity index is 2.01. The Bertz CT molecular complexity index is 514. The second-order valence-electron chi connectivity index (χ2n) is 5.78. The van der Waals surface area contributed by atoms with E-state index in [4.69, 9.17) is 0 Å². The number of rotatable bonds is 9. The van der Waals surface area contributed by atoms with Crippen LogP contribution in [0.15, 0.2) is 43.0 Å². The second kappa shape index (κ2) is 9.19. The van der Waals surface area contributed by atoms with Crippen molar-refractivity contribution in [1.29, 1.82) is 0 Å². The van der Waals surface area contributed by atoms with Gasteiger partial charge >= 0.3 is 0 Å². The van der Waals surface area contributed by atoms with Gasteiger partial charge in [-0.05, 0) is 36.1 Å². The van der Waals surface area contributed by atoms with Gasteiger partial charge in [0, 0.05) is 37.6 Å². The highest BCUT2D eigenvalue weighted by atomic mass is 15.1. The van der Waals surface area contributed by atoms with Crippen LogP contribution in [-0.2, 0) is 6.42 Å². The van der Waals surface area contributed by atoms with E-state index in [2.05, 4.69) is 53.0 Å².